The molecule has 0 bridgehead atoms. The number of rotatable bonds is 3. The third kappa shape index (κ3) is 2.85. The van der Waals surface area contributed by atoms with Gasteiger partial charge in [-0.2, -0.15) is 0 Å². The van der Waals surface area contributed by atoms with Gasteiger partial charge in [-0.3, -0.25) is 0 Å². The van der Waals surface area contributed by atoms with Crippen LogP contribution < -0.4 is 0 Å². The summed E-state index contributed by atoms with van der Waals surface area (Å²) in [6.07, 6.45) is 7.10. The van der Waals surface area contributed by atoms with Crippen LogP contribution in [-0.4, -0.2) is 6.10 Å². The normalized spacial score (nSPS) is 17.6. The van der Waals surface area contributed by atoms with Crippen molar-refractivity contribution in [2.45, 2.75) is 58.7 Å². The van der Waals surface area contributed by atoms with Crippen molar-refractivity contribution in [1.29, 1.82) is 0 Å². The molecule has 0 radical (unpaired) electrons. The Balaban J connectivity index is 1.93. The Morgan fingerprint density at radius 1 is 1.06 bits per heavy atom. The van der Waals surface area contributed by atoms with Crippen LogP contribution in [-0.2, 0) is 11.3 Å². The summed E-state index contributed by atoms with van der Waals surface area (Å²) in [4.78, 5) is 0. The third-order valence-corrected chi connectivity index (χ3v) is 3.66. The van der Waals surface area contributed by atoms with Crippen molar-refractivity contribution < 1.29 is 4.74 Å². The van der Waals surface area contributed by atoms with E-state index in [4.69, 9.17) is 4.74 Å². The second-order valence-electron chi connectivity index (χ2n) is 4.94. The minimum atomic E-state index is 0.507. The van der Waals surface area contributed by atoms with Crippen molar-refractivity contribution in [3.05, 3.63) is 34.9 Å². The average Bonchev–Trinajstić information content (AvgIpc) is 2.30. The Morgan fingerprint density at radius 3 is 2.31 bits per heavy atom. The molecule has 0 N–H and O–H groups in total. The summed E-state index contributed by atoms with van der Waals surface area (Å²) in [5.41, 5.74) is 4.10. The van der Waals surface area contributed by atoms with Gasteiger partial charge in [0.1, 0.15) is 0 Å². The van der Waals surface area contributed by atoms with Crippen molar-refractivity contribution in [2.75, 3.05) is 0 Å². The van der Waals surface area contributed by atoms with Crippen molar-refractivity contribution in [3.63, 3.8) is 0 Å². The highest BCUT2D eigenvalue weighted by Crippen LogP contribution is 2.22. The van der Waals surface area contributed by atoms with E-state index in [-0.39, 0.29) is 0 Å². The van der Waals surface area contributed by atoms with Gasteiger partial charge in [0.05, 0.1) is 12.7 Å². The monoisotopic (exact) mass is 218 g/mol. The largest absolute Gasteiger partial charge is 0.374 e. The molecule has 16 heavy (non-hydrogen) atoms. The second kappa shape index (κ2) is 5.49. The molecular weight excluding hydrogens is 196 g/mol. The lowest BCUT2D eigenvalue weighted by atomic mass is 9.97. The van der Waals surface area contributed by atoms with Gasteiger partial charge < -0.3 is 4.74 Å². The van der Waals surface area contributed by atoms with E-state index in [9.17, 15) is 0 Å². The van der Waals surface area contributed by atoms with Crippen LogP contribution >= 0.6 is 0 Å². The minimum absolute atomic E-state index is 0.507. The first-order chi connectivity index (χ1) is 7.77. The molecule has 88 valence electrons. The predicted molar refractivity (Wildman–Crippen MR) is 67.6 cm³/mol. The summed E-state index contributed by atoms with van der Waals surface area (Å²) in [5, 5.41) is 0. The van der Waals surface area contributed by atoms with Gasteiger partial charge in [-0.05, 0) is 43.4 Å². The Hall–Kier alpha value is -0.820. The van der Waals surface area contributed by atoms with E-state index in [2.05, 4.69) is 32.0 Å². The highest BCUT2D eigenvalue weighted by molar-refractivity contribution is 5.32. The van der Waals surface area contributed by atoms with Crippen LogP contribution in [0.1, 0.15) is 48.8 Å². The van der Waals surface area contributed by atoms with Crippen LogP contribution in [0.25, 0.3) is 0 Å². The number of hydrogen-bond acceptors (Lipinski definition) is 1. The predicted octanol–water partition coefficient (Wildman–Crippen LogP) is 4.15. The number of ether oxygens (including phenoxy) is 1. The quantitative estimate of drug-likeness (QED) is 0.740. The van der Waals surface area contributed by atoms with Crippen LogP contribution in [0.4, 0.5) is 0 Å². The number of aryl methyl sites for hydroxylation is 2. The first-order valence-electron chi connectivity index (χ1n) is 6.44. The third-order valence-electron chi connectivity index (χ3n) is 3.66. The van der Waals surface area contributed by atoms with Crippen molar-refractivity contribution >= 4 is 0 Å². The van der Waals surface area contributed by atoms with Crippen LogP contribution in [0.2, 0.25) is 0 Å². The Kier molecular flexibility index (Phi) is 4.00. The molecule has 2 rings (SSSR count). The molecule has 1 aliphatic carbocycles. The average molecular weight is 218 g/mol. The van der Waals surface area contributed by atoms with Crippen molar-refractivity contribution in [3.8, 4) is 0 Å². The van der Waals surface area contributed by atoms with E-state index in [1.165, 1.54) is 48.8 Å². The molecule has 1 aliphatic rings. The lowest BCUT2D eigenvalue weighted by Crippen LogP contribution is -2.16. The molecule has 0 saturated heterocycles. The summed E-state index contributed by atoms with van der Waals surface area (Å²) in [6, 6.07) is 6.47. The molecule has 1 aromatic rings. The highest BCUT2D eigenvalue weighted by atomic mass is 16.5. The van der Waals surface area contributed by atoms with Gasteiger partial charge in [-0.1, -0.05) is 37.5 Å². The molecule has 0 spiro atoms. The van der Waals surface area contributed by atoms with Gasteiger partial charge in [0.15, 0.2) is 0 Å². The molecule has 1 aromatic carbocycles. The first kappa shape index (κ1) is 11.7. The van der Waals surface area contributed by atoms with Gasteiger partial charge >= 0.3 is 0 Å². The molecule has 1 nitrogen and oxygen atoms in total. The fraction of sp³-hybridized carbons (Fsp3) is 0.600. The second-order valence-corrected chi connectivity index (χ2v) is 4.94. The molecular formula is C15H22O. The summed E-state index contributed by atoms with van der Waals surface area (Å²) in [7, 11) is 0. The van der Waals surface area contributed by atoms with Crippen LogP contribution in [0.3, 0.4) is 0 Å². The number of benzene rings is 1. The standard InChI is InChI=1S/C15H22O/c1-12-7-6-8-13(2)15(12)11-16-14-9-4-3-5-10-14/h6-8,14H,3-5,9-11H2,1-2H3. The fourth-order valence-electron chi connectivity index (χ4n) is 2.51. The molecule has 0 amide bonds. The van der Waals surface area contributed by atoms with E-state index in [0.717, 1.165) is 6.61 Å². The Bertz CT molecular complexity index is 317. The summed E-state index contributed by atoms with van der Waals surface area (Å²) >= 11 is 0. The van der Waals surface area contributed by atoms with E-state index >= 15 is 0 Å². The lowest BCUT2D eigenvalue weighted by Gasteiger charge is -2.23. The molecule has 0 unspecified atom stereocenters. The van der Waals surface area contributed by atoms with Gasteiger partial charge in [0.25, 0.3) is 0 Å². The smallest absolute Gasteiger partial charge is 0.0725 e. The van der Waals surface area contributed by atoms with Gasteiger partial charge in [0.2, 0.25) is 0 Å². The topological polar surface area (TPSA) is 9.23 Å². The maximum Gasteiger partial charge on any atom is 0.0725 e. The molecule has 0 atom stereocenters. The van der Waals surface area contributed by atoms with E-state index < -0.39 is 0 Å². The maximum atomic E-state index is 6.03. The minimum Gasteiger partial charge on any atom is -0.374 e. The fourth-order valence-corrected chi connectivity index (χ4v) is 2.51. The molecule has 0 aromatic heterocycles. The number of hydrogen-bond donors (Lipinski definition) is 0. The van der Waals surface area contributed by atoms with E-state index in [1.807, 2.05) is 0 Å². The summed E-state index contributed by atoms with van der Waals surface area (Å²) < 4.78 is 6.03. The van der Waals surface area contributed by atoms with Crippen LogP contribution in [0.15, 0.2) is 18.2 Å². The molecule has 0 aliphatic heterocycles. The molecule has 0 heterocycles. The zero-order valence-corrected chi connectivity index (χ0v) is 10.5. The summed E-state index contributed by atoms with van der Waals surface area (Å²) in [6.45, 7) is 5.14. The van der Waals surface area contributed by atoms with Crippen LogP contribution in [0.5, 0.6) is 0 Å². The zero-order chi connectivity index (χ0) is 11.4. The lowest BCUT2D eigenvalue weighted by molar-refractivity contribution is 0.0164. The Labute approximate surface area is 98.8 Å². The van der Waals surface area contributed by atoms with Crippen LogP contribution in [0, 0.1) is 13.8 Å². The van der Waals surface area contributed by atoms with Gasteiger partial charge in [0, 0.05) is 0 Å². The van der Waals surface area contributed by atoms with Crippen molar-refractivity contribution in [1.82, 2.24) is 0 Å². The van der Waals surface area contributed by atoms with Gasteiger partial charge in [-0.25, -0.2) is 0 Å². The van der Waals surface area contributed by atoms with Crippen molar-refractivity contribution in [2.24, 2.45) is 0 Å². The highest BCUT2D eigenvalue weighted by Gasteiger charge is 2.14. The van der Waals surface area contributed by atoms with E-state index in [1.54, 1.807) is 0 Å². The Morgan fingerprint density at radius 2 is 1.69 bits per heavy atom. The SMILES string of the molecule is Cc1cccc(C)c1COC1CCCCC1. The molecule has 1 heteroatoms. The molecule has 1 fully saturated rings. The molecule has 1 saturated carbocycles. The van der Waals surface area contributed by atoms with Gasteiger partial charge in [-0.15, -0.1) is 0 Å². The summed E-state index contributed by atoms with van der Waals surface area (Å²) in [5.74, 6) is 0. The van der Waals surface area contributed by atoms with E-state index in [0.29, 0.717) is 6.10 Å². The first-order valence-corrected chi connectivity index (χ1v) is 6.44. The zero-order valence-electron chi connectivity index (χ0n) is 10.5. The maximum absolute atomic E-state index is 6.03.